The lowest BCUT2D eigenvalue weighted by Gasteiger charge is -2.12. The molecule has 0 atom stereocenters. The Kier molecular flexibility index (Phi) is 7.92. The van der Waals surface area contributed by atoms with Gasteiger partial charge in [0.2, 0.25) is 0 Å². The quantitative estimate of drug-likeness (QED) is 0.445. The maximum Gasteiger partial charge on any atom is 0.338 e. The number of rotatable bonds is 9. The zero-order valence-corrected chi connectivity index (χ0v) is 19.2. The number of sulfonamides is 1. The van der Waals surface area contributed by atoms with Crippen LogP contribution < -0.4 is 14.8 Å². The van der Waals surface area contributed by atoms with E-state index in [1.54, 1.807) is 48.5 Å². The number of para-hydroxylation sites is 2. The highest BCUT2D eigenvalue weighted by Gasteiger charge is 2.19. The molecule has 0 heterocycles. The first-order valence-electron chi connectivity index (χ1n) is 9.73. The third-order valence-corrected chi connectivity index (χ3v) is 6.23. The third kappa shape index (κ3) is 6.47. The van der Waals surface area contributed by atoms with Crippen LogP contribution in [-0.2, 0) is 26.1 Å². The predicted octanol–water partition coefficient (Wildman–Crippen LogP) is 3.62. The summed E-state index contributed by atoms with van der Waals surface area (Å²) < 4.78 is 38.1. The smallest absolute Gasteiger partial charge is 0.338 e. The summed E-state index contributed by atoms with van der Waals surface area (Å²) in [4.78, 5) is 24.2. The normalized spacial score (nSPS) is 10.8. The van der Waals surface area contributed by atoms with Gasteiger partial charge in [0.15, 0.2) is 6.61 Å². The minimum atomic E-state index is -4.01. The molecule has 0 saturated heterocycles. The van der Waals surface area contributed by atoms with Gasteiger partial charge in [-0.05, 0) is 42.0 Å². The molecule has 0 bridgehead atoms. The van der Waals surface area contributed by atoms with Crippen LogP contribution in [0.5, 0.6) is 5.75 Å². The molecule has 3 aromatic carbocycles. The second-order valence-electron chi connectivity index (χ2n) is 6.78. The summed E-state index contributed by atoms with van der Waals surface area (Å²) in [6, 6.07) is 18.9. The first-order valence-corrected chi connectivity index (χ1v) is 11.6. The average molecular weight is 489 g/mol. The van der Waals surface area contributed by atoms with Gasteiger partial charge in [0.25, 0.3) is 15.9 Å². The van der Waals surface area contributed by atoms with E-state index < -0.39 is 28.5 Å². The molecule has 0 saturated carbocycles. The van der Waals surface area contributed by atoms with Crippen molar-refractivity contribution in [1.82, 2.24) is 5.32 Å². The summed E-state index contributed by atoms with van der Waals surface area (Å²) in [5, 5.41) is 3.11. The monoisotopic (exact) mass is 488 g/mol. The van der Waals surface area contributed by atoms with E-state index in [0.29, 0.717) is 10.8 Å². The number of esters is 1. The summed E-state index contributed by atoms with van der Waals surface area (Å²) in [5.41, 5.74) is 0.958. The van der Waals surface area contributed by atoms with E-state index in [4.69, 9.17) is 21.1 Å². The number of benzene rings is 3. The minimum Gasteiger partial charge on any atom is -0.495 e. The fourth-order valence-corrected chi connectivity index (χ4v) is 4.14. The first kappa shape index (κ1) is 24.1. The molecular weight excluding hydrogens is 468 g/mol. The van der Waals surface area contributed by atoms with Gasteiger partial charge in [-0.3, -0.25) is 9.52 Å². The van der Waals surface area contributed by atoms with E-state index in [1.165, 1.54) is 31.4 Å². The Morgan fingerprint density at radius 1 is 0.970 bits per heavy atom. The molecule has 1 amide bonds. The van der Waals surface area contributed by atoms with E-state index in [-0.39, 0.29) is 22.7 Å². The summed E-state index contributed by atoms with van der Waals surface area (Å²) >= 11 is 6.04. The van der Waals surface area contributed by atoms with E-state index in [9.17, 15) is 18.0 Å². The SMILES string of the molecule is COc1ccccc1NS(=O)(=O)c1cccc(C(=O)OCC(=O)NCc2ccccc2Cl)c1. The Morgan fingerprint density at radius 2 is 1.70 bits per heavy atom. The molecule has 10 heteroatoms. The van der Waals surface area contributed by atoms with Crippen LogP contribution >= 0.6 is 11.6 Å². The van der Waals surface area contributed by atoms with Crippen LogP contribution in [0.2, 0.25) is 5.02 Å². The van der Waals surface area contributed by atoms with Crippen LogP contribution in [0, 0.1) is 0 Å². The highest BCUT2D eigenvalue weighted by atomic mass is 35.5. The molecule has 0 spiro atoms. The maximum atomic E-state index is 12.8. The number of halogens is 1. The minimum absolute atomic E-state index is 0.0168. The summed E-state index contributed by atoms with van der Waals surface area (Å²) in [6.45, 7) is -0.349. The molecule has 172 valence electrons. The molecule has 33 heavy (non-hydrogen) atoms. The van der Waals surface area contributed by atoms with Gasteiger partial charge >= 0.3 is 5.97 Å². The maximum absolute atomic E-state index is 12.8. The van der Waals surface area contributed by atoms with Crippen molar-refractivity contribution in [2.24, 2.45) is 0 Å². The van der Waals surface area contributed by atoms with E-state index >= 15 is 0 Å². The van der Waals surface area contributed by atoms with Crippen molar-refractivity contribution < 1.29 is 27.5 Å². The fourth-order valence-electron chi connectivity index (χ4n) is 2.82. The molecule has 0 fully saturated rings. The van der Waals surface area contributed by atoms with Crippen molar-refractivity contribution in [3.63, 3.8) is 0 Å². The number of ether oxygens (including phenoxy) is 2. The van der Waals surface area contributed by atoms with Gasteiger partial charge < -0.3 is 14.8 Å². The highest BCUT2D eigenvalue weighted by molar-refractivity contribution is 7.92. The topological polar surface area (TPSA) is 111 Å². The van der Waals surface area contributed by atoms with Gasteiger partial charge in [0.05, 0.1) is 23.3 Å². The van der Waals surface area contributed by atoms with Gasteiger partial charge in [-0.15, -0.1) is 0 Å². The predicted molar refractivity (Wildman–Crippen MR) is 124 cm³/mol. The second kappa shape index (κ2) is 10.8. The fraction of sp³-hybridized carbons (Fsp3) is 0.130. The van der Waals surface area contributed by atoms with Gasteiger partial charge in [-0.1, -0.05) is 48.0 Å². The van der Waals surface area contributed by atoms with Crippen LogP contribution in [0.4, 0.5) is 5.69 Å². The molecule has 0 radical (unpaired) electrons. The Balaban J connectivity index is 1.62. The van der Waals surface area contributed by atoms with Gasteiger partial charge in [-0.2, -0.15) is 0 Å². The average Bonchev–Trinajstić information content (AvgIpc) is 2.82. The molecule has 0 aromatic heterocycles. The van der Waals surface area contributed by atoms with Crippen LogP contribution in [0.3, 0.4) is 0 Å². The Hall–Kier alpha value is -3.56. The number of nitrogens with one attached hydrogen (secondary N) is 2. The standard InChI is InChI=1S/C23H21ClN2O6S/c1-31-21-12-5-4-11-20(21)26-33(29,30)18-9-6-8-16(13-18)23(28)32-15-22(27)25-14-17-7-2-3-10-19(17)24/h2-13,26H,14-15H2,1H3,(H,25,27). The number of hydrogen-bond donors (Lipinski definition) is 2. The Bertz CT molecular complexity index is 1260. The van der Waals surface area contributed by atoms with Crippen molar-refractivity contribution in [2.75, 3.05) is 18.4 Å². The lowest BCUT2D eigenvalue weighted by molar-refractivity contribution is -0.124. The van der Waals surface area contributed by atoms with Crippen LogP contribution in [0.15, 0.2) is 77.7 Å². The first-order chi connectivity index (χ1) is 15.8. The Morgan fingerprint density at radius 3 is 2.45 bits per heavy atom. The molecule has 0 aliphatic carbocycles. The number of anilines is 1. The summed E-state index contributed by atoms with van der Waals surface area (Å²) in [6.07, 6.45) is 0. The van der Waals surface area contributed by atoms with Crippen LogP contribution in [-0.4, -0.2) is 34.0 Å². The summed E-state index contributed by atoms with van der Waals surface area (Å²) in [7, 11) is -2.58. The molecule has 8 nitrogen and oxygen atoms in total. The van der Waals surface area contributed by atoms with Crippen LogP contribution in [0.1, 0.15) is 15.9 Å². The number of carbonyl (C=O) groups excluding carboxylic acids is 2. The summed E-state index contributed by atoms with van der Waals surface area (Å²) in [5.74, 6) is -1.01. The highest BCUT2D eigenvalue weighted by Crippen LogP contribution is 2.26. The molecule has 2 N–H and O–H groups in total. The van der Waals surface area contributed by atoms with E-state index in [1.807, 2.05) is 0 Å². The molecule has 3 aromatic rings. The molecule has 0 aliphatic rings. The number of hydrogen-bond acceptors (Lipinski definition) is 6. The zero-order chi connectivity index (χ0) is 23.8. The van der Waals surface area contributed by atoms with Crippen molar-refractivity contribution in [3.8, 4) is 5.75 Å². The van der Waals surface area contributed by atoms with Crippen molar-refractivity contribution in [1.29, 1.82) is 0 Å². The van der Waals surface area contributed by atoms with Crippen molar-refractivity contribution >= 4 is 39.2 Å². The lowest BCUT2D eigenvalue weighted by atomic mass is 10.2. The lowest BCUT2D eigenvalue weighted by Crippen LogP contribution is -2.28. The number of carbonyl (C=O) groups is 2. The van der Waals surface area contributed by atoms with Crippen molar-refractivity contribution in [2.45, 2.75) is 11.4 Å². The molecule has 0 aliphatic heterocycles. The van der Waals surface area contributed by atoms with Gasteiger partial charge in [-0.25, -0.2) is 13.2 Å². The number of amides is 1. The molecular formula is C23H21ClN2O6S. The van der Waals surface area contributed by atoms with Gasteiger partial charge in [0, 0.05) is 11.6 Å². The number of methoxy groups -OCH3 is 1. The van der Waals surface area contributed by atoms with Crippen molar-refractivity contribution in [3.05, 3.63) is 88.9 Å². The Labute approximate surface area is 196 Å². The zero-order valence-electron chi connectivity index (χ0n) is 17.6. The van der Waals surface area contributed by atoms with E-state index in [0.717, 1.165) is 5.56 Å². The second-order valence-corrected chi connectivity index (χ2v) is 8.87. The molecule has 3 rings (SSSR count). The van der Waals surface area contributed by atoms with Crippen LogP contribution in [0.25, 0.3) is 0 Å². The van der Waals surface area contributed by atoms with E-state index in [2.05, 4.69) is 10.0 Å². The molecule has 0 unspecified atom stereocenters. The third-order valence-electron chi connectivity index (χ3n) is 4.50. The van der Waals surface area contributed by atoms with Gasteiger partial charge in [0.1, 0.15) is 5.75 Å². The largest absolute Gasteiger partial charge is 0.495 e.